The first kappa shape index (κ1) is 11.3. The van der Waals surface area contributed by atoms with Crippen molar-refractivity contribution in [3.63, 3.8) is 0 Å². The van der Waals surface area contributed by atoms with Crippen molar-refractivity contribution in [2.75, 3.05) is 0 Å². The van der Waals surface area contributed by atoms with Gasteiger partial charge >= 0.3 is 5.97 Å². The Balaban J connectivity index is 2.56. The first-order chi connectivity index (χ1) is 8.09. The van der Waals surface area contributed by atoms with Gasteiger partial charge in [0.25, 0.3) is 0 Å². The lowest BCUT2D eigenvalue weighted by Gasteiger charge is -2.03. The van der Waals surface area contributed by atoms with E-state index in [2.05, 4.69) is 10.1 Å². The lowest BCUT2D eigenvalue weighted by molar-refractivity contribution is 0.0697. The van der Waals surface area contributed by atoms with Crippen molar-refractivity contribution in [2.24, 2.45) is 0 Å². The average molecular weight is 231 g/mol. The summed E-state index contributed by atoms with van der Waals surface area (Å²) in [5.74, 6) is -0.988. The number of carboxylic acids is 1. The molecule has 0 aromatic carbocycles. The lowest BCUT2D eigenvalue weighted by atomic mass is 10.2. The molecule has 0 saturated heterocycles. The van der Waals surface area contributed by atoms with E-state index in [0.29, 0.717) is 11.4 Å². The molecular formula is C12H13N3O2. The monoisotopic (exact) mass is 231 g/mol. The van der Waals surface area contributed by atoms with Crippen LogP contribution in [0.1, 0.15) is 30.2 Å². The van der Waals surface area contributed by atoms with E-state index in [1.807, 2.05) is 19.9 Å². The Labute approximate surface area is 98.7 Å². The fourth-order valence-corrected chi connectivity index (χ4v) is 1.50. The Hall–Kier alpha value is -2.17. The van der Waals surface area contributed by atoms with Gasteiger partial charge in [-0.05, 0) is 26.0 Å². The molecule has 88 valence electrons. The van der Waals surface area contributed by atoms with Crippen molar-refractivity contribution in [3.05, 3.63) is 36.2 Å². The maximum Gasteiger partial charge on any atom is 0.339 e. The Bertz CT molecular complexity index is 532. The summed E-state index contributed by atoms with van der Waals surface area (Å²) in [6.45, 7) is 3.89. The van der Waals surface area contributed by atoms with Crippen molar-refractivity contribution >= 4 is 5.97 Å². The van der Waals surface area contributed by atoms with E-state index < -0.39 is 5.97 Å². The first-order valence-corrected chi connectivity index (χ1v) is 5.33. The highest BCUT2D eigenvalue weighted by atomic mass is 16.4. The molecule has 0 saturated carbocycles. The molecule has 2 aromatic rings. The first-order valence-electron chi connectivity index (χ1n) is 5.33. The quantitative estimate of drug-likeness (QED) is 0.879. The molecule has 2 heterocycles. The normalized spacial score (nSPS) is 10.8. The molecule has 0 aliphatic carbocycles. The minimum atomic E-state index is -0.988. The number of nitrogens with zero attached hydrogens (tertiary/aromatic N) is 3. The van der Waals surface area contributed by atoms with E-state index in [1.54, 1.807) is 23.0 Å². The van der Waals surface area contributed by atoms with E-state index >= 15 is 0 Å². The van der Waals surface area contributed by atoms with Crippen LogP contribution in [0.5, 0.6) is 0 Å². The standard InChI is InChI=1S/C12H13N3O2/c1-8(2)15-7-9(12(16)17)11(14-15)10-5-3-4-6-13-10/h3-8H,1-2H3,(H,16,17). The summed E-state index contributed by atoms with van der Waals surface area (Å²) < 4.78 is 1.63. The molecule has 0 amide bonds. The van der Waals surface area contributed by atoms with E-state index in [0.717, 1.165) is 0 Å². The van der Waals surface area contributed by atoms with Crippen molar-refractivity contribution in [1.82, 2.24) is 14.8 Å². The summed E-state index contributed by atoms with van der Waals surface area (Å²) in [6.07, 6.45) is 3.16. The summed E-state index contributed by atoms with van der Waals surface area (Å²) in [5, 5.41) is 13.4. The molecular weight excluding hydrogens is 218 g/mol. The second-order valence-corrected chi connectivity index (χ2v) is 3.99. The van der Waals surface area contributed by atoms with Gasteiger partial charge in [0.15, 0.2) is 0 Å². The van der Waals surface area contributed by atoms with Gasteiger partial charge in [-0.25, -0.2) is 4.79 Å². The van der Waals surface area contributed by atoms with Crippen molar-refractivity contribution in [3.8, 4) is 11.4 Å². The maximum atomic E-state index is 11.1. The summed E-state index contributed by atoms with van der Waals surface area (Å²) in [7, 11) is 0. The van der Waals surface area contributed by atoms with Crippen LogP contribution in [-0.4, -0.2) is 25.8 Å². The van der Waals surface area contributed by atoms with Gasteiger partial charge in [0.1, 0.15) is 11.3 Å². The van der Waals surface area contributed by atoms with Crippen LogP contribution < -0.4 is 0 Å². The maximum absolute atomic E-state index is 11.1. The second-order valence-electron chi connectivity index (χ2n) is 3.99. The van der Waals surface area contributed by atoms with Gasteiger partial charge in [0.05, 0.1) is 5.69 Å². The Morgan fingerprint density at radius 3 is 2.71 bits per heavy atom. The van der Waals surface area contributed by atoms with Gasteiger partial charge in [-0.1, -0.05) is 6.07 Å². The Kier molecular flexibility index (Phi) is 2.91. The third-order valence-electron chi connectivity index (χ3n) is 2.40. The molecule has 2 aromatic heterocycles. The van der Waals surface area contributed by atoms with Crippen LogP contribution in [0.4, 0.5) is 0 Å². The van der Waals surface area contributed by atoms with E-state index in [1.165, 1.54) is 6.20 Å². The van der Waals surface area contributed by atoms with E-state index in [-0.39, 0.29) is 11.6 Å². The van der Waals surface area contributed by atoms with Gasteiger partial charge in [-0.3, -0.25) is 9.67 Å². The second kappa shape index (κ2) is 4.37. The number of aromatic nitrogens is 3. The minimum absolute atomic E-state index is 0.116. The molecule has 0 bridgehead atoms. The molecule has 0 atom stereocenters. The lowest BCUT2D eigenvalue weighted by Crippen LogP contribution is -2.01. The average Bonchev–Trinajstić information content (AvgIpc) is 2.75. The van der Waals surface area contributed by atoms with Crippen molar-refractivity contribution < 1.29 is 9.90 Å². The highest BCUT2D eigenvalue weighted by Crippen LogP contribution is 2.21. The van der Waals surface area contributed by atoms with Crippen molar-refractivity contribution in [1.29, 1.82) is 0 Å². The molecule has 5 nitrogen and oxygen atoms in total. The topological polar surface area (TPSA) is 68.0 Å². The van der Waals surface area contributed by atoms with Crippen LogP contribution in [0.15, 0.2) is 30.6 Å². The van der Waals surface area contributed by atoms with E-state index in [9.17, 15) is 4.79 Å². The van der Waals surface area contributed by atoms with Crippen molar-refractivity contribution in [2.45, 2.75) is 19.9 Å². The number of pyridine rings is 1. The third-order valence-corrected chi connectivity index (χ3v) is 2.40. The summed E-state index contributed by atoms with van der Waals surface area (Å²) in [5.41, 5.74) is 1.16. The zero-order chi connectivity index (χ0) is 12.4. The van der Waals surface area contributed by atoms with Gasteiger partial charge in [0.2, 0.25) is 0 Å². The van der Waals surface area contributed by atoms with Crippen LogP contribution in [0.3, 0.4) is 0 Å². The van der Waals surface area contributed by atoms with Crippen LogP contribution in [0.2, 0.25) is 0 Å². The summed E-state index contributed by atoms with van der Waals surface area (Å²) in [6, 6.07) is 5.45. The van der Waals surface area contributed by atoms with Gasteiger partial charge in [0, 0.05) is 18.4 Å². The number of carboxylic acid groups (broad SMARTS) is 1. The predicted molar refractivity (Wildman–Crippen MR) is 62.8 cm³/mol. The number of aromatic carboxylic acids is 1. The molecule has 0 spiro atoms. The molecule has 0 radical (unpaired) electrons. The number of hydrogen-bond donors (Lipinski definition) is 1. The van der Waals surface area contributed by atoms with Crippen LogP contribution in [-0.2, 0) is 0 Å². The number of hydrogen-bond acceptors (Lipinski definition) is 3. The largest absolute Gasteiger partial charge is 0.478 e. The zero-order valence-corrected chi connectivity index (χ0v) is 9.66. The molecule has 17 heavy (non-hydrogen) atoms. The molecule has 0 fully saturated rings. The molecule has 5 heteroatoms. The zero-order valence-electron chi connectivity index (χ0n) is 9.66. The van der Waals surface area contributed by atoms with Gasteiger partial charge in [-0.15, -0.1) is 0 Å². The third kappa shape index (κ3) is 2.18. The Morgan fingerprint density at radius 1 is 1.41 bits per heavy atom. The molecule has 2 rings (SSSR count). The van der Waals surface area contributed by atoms with Gasteiger partial charge < -0.3 is 5.11 Å². The fourth-order valence-electron chi connectivity index (χ4n) is 1.50. The van der Waals surface area contributed by atoms with Crippen LogP contribution >= 0.6 is 0 Å². The number of carbonyl (C=O) groups is 1. The summed E-state index contributed by atoms with van der Waals surface area (Å²) in [4.78, 5) is 15.3. The van der Waals surface area contributed by atoms with E-state index in [4.69, 9.17) is 5.11 Å². The molecule has 0 aliphatic heterocycles. The fraction of sp³-hybridized carbons (Fsp3) is 0.250. The predicted octanol–water partition coefficient (Wildman–Crippen LogP) is 2.22. The number of rotatable bonds is 3. The SMILES string of the molecule is CC(C)n1cc(C(=O)O)c(-c2ccccn2)n1. The summed E-state index contributed by atoms with van der Waals surface area (Å²) >= 11 is 0. The highest BCUT2D eigenvalue weighted by molar-refractivity contribution is 5.94. The smallest absolute Gasteiger partial charge is 0.339 e. The minimum Gasteiger partial charge on any atom is -0.478 e. The Morgan fingerprint density at radius 2 is 2.18 bits per heavy atom. The van der Waals surface area contributed by atoms with Gasteiger partial charge in [-0.2, -0.15) is 5.10 Å². The van der Waals surface area contributed by atoms with Crippen LogP contribution in [0.25, 0.3) is 11.4 Å². The van der Waals surface area contributed by atoms with Crippen LogP contribution in [0, 0.1) is 0 Å². The highest BCUT2D eigenvalue weighted by Gasteiger charge is 2.18. The molecule has 1 N–H and O–H groups in total. The molecule has 0 unspecified atom stereocenters. The molecule has 0 aliphatic rings.